The molecule has 0 radical (unpaired) electrons. The van der Waals surface area contributed by atoms with Crippen molar-refractivity contribution < 1.29 is 18.7 Å². The topological polar surface area (TPSA) is 47.6 Å². The summed E-state index contributed by atoms with van der Waals surface area (Å²) in [4.78, 5) is 12.0. The van der Waals surface area contributed by atoms with Gasteiger partial charge in [-0.3, -0.25) is 4.79 Å². The minimum Gasteiger partial charge on any atom is -0.484 e. The number of para-hydroxylation sites is 1. The third-order valence-corrected chi connectivity index (χ3v) is 3.61. The molecule has 0 heterocycles. The predicted octanol–water partition coefficient (Wildman–Crippen LogP) is 4.94. The predicted molar refractivity (Wildman–Crippen MR) is 98.2 cm³/mol. The first-order valence-corrected chi connectivity index (χ1v) is 8.12. The normalized spacial score (nSPS) is 10.2. The third-order valence-electron chi connectivity index (χ3n) is 3.61. The first kappa shape index (κ1) is 17.5. The van der Waals surface area contributed by atoms with Crippen molar-refractivity contribution in [1.29, 1.82) is 0 Å². The van der Waals surface area contributed by atoms with Gasteiger partial charge in [0.25, 0.3) is 5.91 Å². The molecule has 0 aliphatic carbocycles. The Morgan fingerprint density at radius 2 is 1.65 bits per heavy atom. The smallest absolute Gasteiger partial charge is 0.262 e. The second-order valence-electron chi connectivity index (χ2n) is 5.69. The fourth-order valence-electron chi connectivity index (χ4n) is 2.27. The average molecular weight is 351 g/mol. The zero-order valence-electron chi connectivity index (χ0n) is 14.2. The van der Waals surface area contributed by atoms with Gasteiger partial charge in [-0.25, -0.2) is 4.39 Å². The van der Waals surface area contributed by atoms with E-state index in [0.717, 1.165) is 0 Å². The second kappa shape index (κ2) is 8.16. The SMILES string of the molecule is Cc1ccc(NC(=O)COc2cccc(Oc3ccccc3)c2)cc1F. The van der Waals surface area contributed by atoms with Crippen molar-refractivity contribution in [3.8, 4) is 17.2 Å². The fraction of sp³-hybridized carbons (Fsp3) is 0.0952. The van der Waals surface area contributed by atoms with Crippen LogP contribution in [-0.4, -0.2) is 12.5 Å². The molecule has 0 fully saturated rings. The van der Waals surface area contributed by atoms with Gasteiger partial charge in [0.05, 0.1) is 0 Å². The minimum atomic E-state index is -0.373. The highest BCUT2D eigenvalue weighted by Crippen LogP contribution is 2.25. The molecule has 3 aromatic rings. The largest absolute Gasteiger partial charge is 0.484 e. The van der Waals surface area contributed by atoms with Gasteiger partial charge in [0.2, 0.25) is 0 Å². The molecule has 3 aromatic carbocycles. The molecule has 4 nitrogen and oxygen atoms in total. The maximum atomic E-state index is 13.5. The Bertz CT molecular complexity index is 897. The third kappa shape index (κ3) is 4.83. The number of aryl methyl sites for hydroxylation is 1. The highest BCUT2D eigenvalue weighted by atomic mass is 19.1. The Balaban J connectivity index is 1.56. The van der Waals surface area contributed by atoms with Crippen LogP contribution >= 0.6 is 0 Å². The maximum Gasteiger partial charge on any atom is 0.262 e. The summed E-state index contributed by atoms with van der Waals surface area (Å²) in [6.45, 7) is 1.47. The number of carbonyl (C=O) groups excluding carboxylic acids is 1. The van der Waals surface area contributed by atoms with Crippen LogP contribution in [0.5, 0.6) is 17.2 Å². The minimum absolute atomic E-state index is 0.190. The molecule has 0 spiro atoms. The monoisotopic (exact) mass is 351 g/mol. The van der Waals surface area contributed by atoms with E-state index >= 15 is 0 Å². The lowest BCUT2D eigenvalue weighted by Crippen LogP contribution is -2.20. The van der Waals surface area contributed by atoms with E-state index in [-0.39, 0.29) is 18.3 Å². The van der Waals surface area contributed by atoms with Crippen LogP contribution in [0.1, 0.15) is 5.56 Å². The Labute approximate surface area is 151 Å². The van der Waals surface area contributed by atoms with Crippen LogP contribution in [0.25, 0.3) is 0 Å². The molecule has 5 heteroatoms. The van der Waals surface area contributed by atoms with Gasteiger partial charge in [-0.05, 0) is 48.9 Å². The highest BCUT2D eigenvalue weighted by Gasteiger charge is 2.07. The summed E-state index contributed by atoms with van der Waals surface area (Å²) in [5, 5.41) is 2.60. The number of hydrogen-bond donors (Lipinski definition) is 1. The van der Waals surface area contributed by atoms with Crippen molar-refractivity contribution in [2.75, 3.05) is 11.9 Å². The summed E-state index contributed by atoms with van der Waals surface area (Å²) >= 11 is 0. The number of benzene rings is 3. The number of nitrogens with one attached hydrogen (secondary N) is 1. The molecule has 0 aromatic heterocycles. The van der Waals surface area contributed by atoms with Crippen LogP contribution in [0.3, 0.4) is 0 Å². The number of ether oxygens (including phenoxy) is 2. The lowest BCUT2D eigenvalue weighted by molar-refractivity contribution is -0.118. The molecule has 0 aliphatic rings. The van der Waals surface area contributed by atoms with E-state index in [1.165, 1.54) is 6.07 Å². The van der Waals surface area contributed by atoms with Gasteiger partial charge in [0.1, 0.15) is 23.1 Å². The second-order valence-corrected chi connectivity index (χ2v) is 5.69. The van der Waals surface area contributed by atoms with E-state index in [2.05, 4.69) is 5.32 Å². The molecule has 0 bridgehead atoms. The summed E-state index contributed by atoms with van der Waals surface area (Å²) in [7, 11) is 0. The van der Waals surface area contributed by atoms with Crippen LogP contribution < -0.4 is 14.8 Å². The lowest BCUT2D eigenvalue weighted by Gasteiger charge is -2.10. The molecule has 0 aliphatic heterocycles. The molecule has 0 saturated carbocycles. The summed E-state index contributed by atoms with van der Waals surface area (Å²) in [6.07, 6.45) is 0. The molecule has 26 heavy (non-hydrogen) atoms. The number of hydrogen-bond acceptors (Lipinski definition) is 3. The van der Waals surface area contributed by atoms with Crippen molar-refractivity contribution in [3.63, 3.8) is 0 Å². The Kier molecular flexibility index (Phi) is 5.49. The average Bonchev–Trinajstić information content (AvgIpc) is 2.64. The number of amides is 1. The number of rotatable bonds is 6. The number of halogens is 1. The zero-order valence-corrected chi connectivity index (χ0v) is 14.2. The van der Waals surface area contributed by atoms with Gasteiger partial charge < -0.3 is 14.8 Å². The summed E-state index contributed by atoms with van der Waals surface area (Å²) in [6, 6.07) is 20.9. The van der Waals surface area contributed by atoms with Gasteiger partial charge >= 0.3 is 0 Å². The van der Waals surface area contributed by atoms with E-state index in [1.807, 2.05) is 30.3 Å². The molecule has 0 atom stereocenters. The van der Waals surface area contributed by atoms with Crippen molar-refractivity contribution in [2.45, 2.75) is 6.92 Å². The van der Waals surface area contributed by atoms with Crippen molar-refractivity contribution in [3.05, 3.63) is 84.2 Å². The van der Waals surface area contributed by atoms with Gasteiger partial charge in [-0.2, -0.15) is 0 Å². The van der Waals surface area contributed by atoms with E-state index < -0.39 is 0 Å². The zero-order chi connectivity index (χ0) is 18.4. The van der Waals surface area contributed by atoms with Crippen LogP contribution in [0.4, 0.5) is 10.1 Å². The molecule has 132 valence electrons. The summed E-state index contributed by atoms with van der Waals surface area (Å²) in [5.74, 6) is 1.08. The van der Waals surface area contributed by atoms with E-state index in [4.69, 9.17) is 9.47 Å². The highest BCUT2D eigenvalue weighted by molar-refractivity contribution is 5.91. The van der Waals surface area contributed by atoms with Gasteiger partial charge in [0.15, 0.2) is 6.61 Å². The summed E-state index contributed by atoms with van der Waals surface area (Å²) in [5.41, 5.74) is 0.914. The van der Waals surface area contributed by atoms with Crippen LogP contribution in [0.2, 0.25) is 0 Å². The molecule has 1 N–H and O–H groups in total. The van der Waals surface area contributed by atoms with Crippen LogP contribution in [-0.2, 0) is 4.79 Å². The molecular formula is C21H18FNO3. The van der Waals surface area contributed by atoms with E-state index in [9.17, 15) is 9.18 Å². The van der Waals surface area contributed by atoms with Crippen molar-refractivity contribution in [1.82, 2.24) is 0 Å². The van der Waals surface area contributed by atoms with Crippen molar-refractivity contribution >= 4 is 11.6 Å². The van der Waals surface area contributed by atoms with Crippen LogP contribution in [0, 0.1) is 12.7 Å². The number of anilines is 1. The molecule has 0 saturated heterocycles. The standard InChI is InChI=1S/C21H18FNO3/c1-15-10-11-16(12-20(15)22)23-21(24)14-25-18-8-5-9-19(13-18)26-17-6-3-2-4-7-17/h2-13H,14H2,1H3,(H,23,24). The van der Waals surface area contributed by atoms with E-state index in [0.29, 0.717) is 28.5 Å². The Hall–Kier alpha value is -3.34. The lowest BCUT2D eigenvalue weighted by atomic mass is 10.2. The number of carbonyl (C=O) groups is 1. The van der Waals surface area contributed by atoms with Crippen molar-refractivity contribution in [2.24, 2.45) is 0 Å². The summed E-state index contributed by atoms with van der Waals surface area (Å²) < 4.78 is 24.7. The molecule has 1 amide bonds. The first-order chi connectivity index (χ1) is 12.6. The van der Waals surface area contributed by atoms with Gasteiger partial charge in [-0.15, -0.1) is 0 Å². The quantitative estimate of drug-likeness (QED) is 0.684. The van der Waals surface area contributed by atoms with E-state index in [1.54, 1.807) is 43.3 Å². The van der Waals surface area contributed by atoms with Gasteiger partial charge in [-0.1, -0.05) is 30.3 Å². The van der Waals surface area contributed by atoms with Crippen LogP contribution in [0.15, 0.2) is 72.8 Å². The maximum absolute atomic E-state index is 13.5. The molecule has 3 rings (SSSR count). The first-order valence-electron chi connectivity index (χ1n) is 8.12. The Morgan fingerprint density at radius 1 is 0.923 bits per heavy atom. The fourth-order valence-corrected chi connectivity index (χ4v) is 2.27. The Morgan fingerprint density at radius 3 is 2.42 bits per heavy atom. The van der Waals surface area contributed by atoms with Gasteiger partial charge in [0, 0.05) is 11.8 Å². The molecular weight excluding hydrogens is 333 g/mol. The molecule has 0 unspecified atom stereocenters.